The van der Waals surface area contributed by atoms with E-state index in [1.165, 1.54) is 6.07 Å². The lowest BCUT2D eigenvalue weighted by molar-refractivity contribution is 0.0989. The lowest BCUT2D eigenvalue weighted by Gasteiger charge is -2.36. The predicted octanol–water partition coefficient (Wildman–Crippen LogP) is 1.69. The zero-order chi connectivity index (χ0) is 12.4. The van der Waals surface area contributed by atoms with Gasteiger partial charge in [-0.25, -0.2) is 4.39 Å². The molecule has 92 valence electrons. The molecule has 0 aromatic heterocycles. The second-order valence-corrected chi connectivity index (χ2v) is 4.56. The fraction of sp³-hybridized carbons (Fsp3) is 0.417. The van der Waals surface area contributed by atoms with E-state index in [4.69, 9.17) is 22.7 Å². The first kappa shape index (κ1) is 12.3. The Balaban J connectivity index is 2.43. The molecule has 2 rings (SSSR count). The molecule has 1 aliphatic heterocycles. The molecule has 1 fully saturated rings. The van der Waals surface area contributed by atoms with Gasteiger partial charge in [-0.05, 0) is 19.1 Å². The van der Waals surface area contributed by atoms with Gasteiger partial charge in [0.15, 0.2) is 0 Å². The lowest BCUT2D eigenvalue weighted by atomic mass is 10.1. The highest BCUT2D eigenvalue weighted by atomic mass is 32.1. The average Bonchev–Trinajstić information content (AvgIpc) is 2.28. The minimum atomic E-state index is -0.367. The molecule has 0 radical (unpaired) electrons. The molecule has 1 aromatic rings. The maximum atomic E-state index is 13.8. The second-order valence-electron chi connectivity index (χ2n) is 4.12. The normalized spacial score (nSPS) is 20.4. The summed E-state index contributed by atoms with van der Waals surface area (Å²) in [5, 5.41) is 0. The Morgan fingerprint density at radius 3 is 3.00 bits per heavy atom. The largest absolute Gasteiger partial charge is 0.389 e. The Bertz CT molecular complexity index is 439. The maximum absolute atomic E-state index is 13.8. The van der Waals surface area contributed by atoms with E-state index in [2.05, 4.69) is 4.90 Å². The number of nitrogens with two attached hydrogens (primary N) is 1. The highest BCUT2D eigenvalue weighted by molar-refractivity contribution is 7.80. The number of thiocarbonyl (C=S) groups is 1. The minimum absolute atomic E-state index is 0.0943. The van der Waals surface area contributed by atoms with Crippen molar-refractivity contribution in [1.82, 2.24) is 0 Å². The van der Waals surface area contributed by atoms with Gasteiger partial charge in [0, 0.05) is 12.6 Å². The Morgan fingerprint density at radius 2 is 2.35 bits per heavy atom. The van der Waals surface area contributed by atoms with Crippen LogP contribution in [0.25, 0.3) is 0 Å². The summed E-state index contributed by atoms with van der Waals surface area (Å²) in [4.78, 5) is 2.18. The van der Waals surface area contributed by atoms with Crippen LogP contribution in [0.15, 0.2) is 18.2 Å². The number of rotatable bonds is 2. The van der Waals surface area contributed by atoms with Crippen LogP contribution in [0.3, 0.4) is 0 Å². The van der Waals surface area contributed by atoms with Gasteiger partial charge in [-0.3, -0.25) is 0 Å². The van der Waals surface area contributed by atoms with Crippen LogP contribution in [0, 0.1) is 5.82 Å². The summed E-state index contributed by atoms with van der Waals surface area (Å²) in [6.45, 7) is 4.03. The van der Waals surface area contributed by atoms with Crippen LogP contribution in [0.4, 0.5) is 10.1 Å². The van der Waals surface area contributed by atoms with Gasteiger partial charge < -0.3 is 15.4 Å². The van der Waals surface area contributed by atoms with Crippen LogP contribution >= 0.6 is 12.2 Å². The molecule has 5 heteroatoms. The Hall–Kier alpha value is -1.20. The summed E-state index contributed by atoms with van der Waals surface area (Å²) < 4.78 is 19.1. The summed E-state index contributed by atoms with van der Waals surface area (Å²) >= 11 is 4.92. The van der Waals surface area contributed by atoms with Crippen LogP contribution in [0.1, 0.15) is 12.5 Å². The van der Waals surface area contributed by atoms with Crippen LogP contribution in [0.2, 0.25) is 0 Å². The Labute approximate surface area is 105 Å². The number of anilines is 1. The number of hydrogen-bond acceptors (Lipinski definition) is 3. The number of nitrogens with zero attached hydrogens (tertiary/aromatic N) is 1. The molecule has 1 heterocycles. The Kier molecular flexibility index (Phi) is 3.59. The number of ether oxygens (including phenoxy) is 1. The zero-order valence-corrected chi connectivity index (χ0v) is 10.5. The lowest BCUT2D eigenvalue weighted by Crippen LogP contribution is -2.44. The monoisotopic (exact) mass is 254 g/mol. The first-order chi connectivity index (χ1) is 8.11. The van der Waals surface area contributed by atoms with Crippen molar-refractivity contribution in [1.29, 1.82) is 0 Å². The smallest absolute Gasteiger partial charge is 0.135 e. The van der Waals surface area contributed by atoms with Gasteiger partial charge in [0.25, 0.3) is 0 Å². The number of hydrogen-bond donors (Lipinski definition) is 1. The molecule has 1 atom stereocenters. The number of halogens is 1. The van der Waals surface area contributed by atoms with Crippen molar-refractivity contribution in [3.05, 3.63) is 29.6 Å². The van der Waals surface area contributed by atoms with Crippen LogP contribution in [-0.2, 0) is 4.74 Å². The van der Waals surface area contributed by atoms with Gasteiger partial charge in [-0.15, -0.1) is 0 Å². The zero-order valence-electron chi connectivity index (χ0n) is 9.65. The highest BCUT2D eigenvalue weighted by Crippen LogP contribution is 2.26. The topological polar surface area (TPSA) is 38.5 Å². The minimum Gasteiger partial charge on any atom is -0.389 e. The van der Waals surface area contributed by atoms with E-state index in [-0.39, 0.29) is 16.8 Å². The van der Waals surface area contributed by atoms with E-state index >= 15 is 0 Å². The molecule has 1 saturated heterocycles. The second kappa shape index (κ2) is 4.98. The molecule has 17 heavy (non-hydrogen) atoms. The summed E-state index contributed by atoms with van der Waals surface area (Å²) in [5.74, 6) is -0.367. The summed E-state index contributed by atoms with van der Waals surface area (Å²) in [6.07, 6.45) is 0. The molecular formula is C12H15FN2OS. The van der Waals surface area contributed by atoms with Crippen molar-refractivity contribution in [3.8, 4) is 0 Å². The van der Waals surface area contributed by atoms with E-state index in [1.54, 1.807) is 6.07 Å². The molecule has 0 saturated carbocycles. The molecule has 0 bridgehead atoms. The molecular weight excluding hydrogens is 239 g/mol. The number of benzene rings is 1. The van der Waals surface area contributed by atoms with E-state index in [9.17, 15) is 4.39 Å². The van der Waals surface area contributed by atoms with Gasteiger partial charge in [0.05, 0.1) is 24.5 Å². The molecule has 1 aromatic carbocycles. The molecule has 1 unspecified atom stereocenters. The van der Waals surface area contributed by atoms with Gasteiger partial charge in [0.1, 0.15) is 10.8 Å². The molecule has 3 nitrogen and oxygen atoms in total. The third kappa shape index (κ3) is 2.40. The first-order valence-corrected chi connectivity index (χ1v) is 5.95. The number of morpholine rings is 1. The predicted molar refractivity (Wildman–Crippen MR) is 69.9 cm³/mol. The SMILES string of the molecule is CC1COCCN1c1cccc(F)c1C(N)=S. The van der Waals surface area contributed by atoms with E-state index in [1.807, 2.05) is 13.0 Å². The van der Waals surface area contributed by atoms with Crippen molar-refractivity contribution >= 4 is 22.9 Å². The van der Waals surface area contributed by atoms with Crippen molar-refractivity contribution in [2.45, 2.75) is 13.0 Å². The third-order valence-electron chi connectivity index (χ3n) is 2.92. The first-order valence-electron chi connectivity index (χ1n) is 5.54. The van der Waals surface area contributed by atoms with E-state index in [0.717, 1.165) is 12.2 Å². The molecule has 0 aliphatic carbocycles. The van der Waals surface area contributed by atoms with Crippen LogP contribution in [0.5, 0.6) is 0 Å². The van der Waals surface area contributed by atoms with Crippen molar-refractivity contribution in [2.24, 2.45) is 5.73 Å². The standard InChI is InChI=1S/C12H15FN2OS/c1-8-7-16-6-5-15(8)10-4-2-3-9(13)11(10)12(14)17/h2-4,8H,5-7H2,1H3,(H2,14,17). The maximum Gasteiger partial charge on any atom is 0.135 e. The van der Waals surface area contributed by atoms with Crippen molar-refractivity contribution in [3.63, 3.8) is 0 Å². The van der Waals surface area contributed by atoms with Gasteiger partial charge >= 0.3 is 0 Å². The highest BCUT2D eigenvalue weighted by Gasteiger charge is 2.23. The van der Waals surface area contributed by atoms with E-state index < -0.39 is 0 Å². The summed E-state index contributed by atoms with van der Waals surface area (Å²) in [5.41, 5.74) is 6.69. The van der Waals surface area contributed by atoms with Crippen molar-refractivity contribution < 1.29 is 9.13 Å². The fourth-order valence-corrected chi connectivity index (χ4v) is 2.28. The van der Waals surface area contributed by atoms with Gasteiger partial charge in [0.2, 0.25) is 0 Å². The van der Waals surface area contributed by atoms with Crippen LogP contribution in [-0.4, -0.2) is 30.8 Å². The van der Waals surface area contributed by atoms with Gasteiger partial charge in [-0.2, -0.15) is 0 Å². The average molecular weight is 254 g/mol. The van der Waals surface area contributed by atoms with E-state index in [0.29, 0.717) is 18.8 Å². The quantitative estimate of drug-likeness (QED) is 0.815. The molecule has 2 N–H and O–H groups in total. The molecule has 1 aliphatic rings. The van der Waals surface area contributed by atoms with Gasteiger partial charge in [-0.1, -0.05) is 18.3 Å². The summed E-state index contributed by atoms with van der Waals surface area (Å²) in [6, 6.07) is 5.09. The fourth-order valence-electron chi connectivity index (χ4n) is 2.08. The third-order valence-corrected chi connectivity index (χ3v) is 3.12. The molecule has 0 amide bonds. The van der Waals surface area contributed by atoms with Crippen molar-refractivity contribution in [2.75, 3.05) is 24.7 Å². The summed E-state index contributed by atoms with van der Waals surface area (Å²) in [7, 11) is 0. The Morgan fingerprint density at radius 1 is 1.59 bits per heavy atom. The van der Waals surface area contributed by atoms with Crippen LogP contribution < -0.4 is 10.6 Å². The molecule has 0 spiro atoms.